The number of rotatable bonds is 2. The fraction of sp³-hybridized carbons (Fsp3) is 0. The first-order valence-electron chi connectivity index (χ1n) is 6.15. The van der Waals surface area contributed by atoms with Gasteiger partial charge in [0.15, 0.2) is 5.82 Å². The molecule has 3 aromatic rings. The van der Waals surface area contributed by atoms with Crippen LogP contribution in [0.15, 0.2) is 53.3 Å². The van der Waals surface area contributed by atoms with Crippen molar-refractivity contribution in [1.82, 2.24) is 14.8 Å². The number of nitrogens with two attached hydrogens (primary N) is 1. The second-order valence-corrected chi connectivity index (χ2v) is 5.33. The molecule has 3 rings (SSSR count). The second-order valence-electron chi connectivity index (χ2n) is 4.41. The van der Waals surface area contributed by atoms with E-state index >= 15 is 0 Å². The summed E-state index contributed by atoms with van der Waals surface area (Å²) in [5, 5.41) is 13.6. The number of aromatic nitrogens is 3. The largest absolute Gasteiger partial charge is 0.399 e. The maximum Gasteiger partial charge on any atom is 0.181 e. The quantitative estimate of drug-likeness (QED) is 0.727. The minimum absolute atomic E-state index is 0.522. The van der Waals surface area contributed by atoms with Gasteiger partial charge in [-0.3, -0.25) is 0 Å². The summed E-state index contributed by atoms with van der Waals surface area (Å²) in [7, 11) is 0. The molecule has 0 aliphatic rings. The Bertz CT molecular complexity index is 847. The maximum atomic E-state index is 9.22. The second kappa shape index (κ2) is 5.38. The standard InChI is InChI=1S/C15H10BrN5/c16-12-4-5-14(11(6-12)8-17)21-9-19-15(20-21)10-2-1-3-13(18)7-10/h1-7,9H,18H2. The molecule has 102 valence electrons. The van der Waals surface area contributed by atoms with Crippen LogP contribution in [0.25, 0.3) is 17.1 Å². The fourth-order valence-corrected chi connectivity index (χ4v) is 2.35. The minimum Gasteiger partial charge on any atom is -0.399 e. The van der Waals surface area contributed by atoms with Crippen LogP contribution < -0.4 is 5.73 Å². The Morgan fingerprint density at radius 3 is 2.81 bits per heavy atom. The van der Waals surface area contributed by atoms with E-state index in [9.17, 15) is 5.26 Å². The molecule has 0 fully saturated rings. The molecular formula is C15H10BrN5. The van der Waals surface area contributed by atoms with Crippen LogP contribution >= 0.6 is 15.9 Å². The number of hydrogen-bond donors (Lipinski definition) is 1. The van der Waals surface area contributed by atoms with Gasteiger partial charge in [-0.1, -0.05) is 28.1 Å². The van der Waals surface area contributed by atoms with Gasteiger partial charge in [0.05, 0.1) is 11.3 Å². The number of benzene rings is 2. The van der Waals surface area contributed by atoms with E-state index in [-0.39, 0.29) is 0 Å². The van der Waals surface area contributed by atoms with Crippen LogP contribution in [0.1, 0.15) is 5.56 Å². The highest BCUT2D eigenvalue weighted by atomic mass is 79.9. The van der Waals surface area contributed by atoms with Crippen molar-refractivity contribution in [1.29, 1.82) is 5.26 Å². The predicted molar refractivity (Wildman–Crippen MR) is 83.6 cm³/mol. The summed E-state index contributed by atoms with van der Waals surface area (Å²) in [5.41, 5.74) is 8.47. The van der Waals surface area contributed by atoms with Crippen molar-refractivity contribution in [3.05, 3.63) is 58.8 Å². The smallest absolute Gasteiger partial charge is 0.181 e. The lowest BCUT2D eigenvalue weighted by atomic mass is 10.2. The van der Waals surface area contributed by atoms with E-state index in [0.717, 1.165) is 10.0 Å². The van der Waals surface area contributed by atoms with Crippen LogP contribution in [-0.4, -0.2) is 14.8 Å². The number of hydrogen-bond acceptors (Lipinski definition) is 4. The number of nitriles is 1. The summed E-state index contributed by atoms with van der Waals surface area (Å²) in [6.45, 7) is 0. The van der Waals surface area contributed by atoms with Crippen LogP contribution in [0.2, 0.25) is 0 Å². The van der Waals surface area contributed by atoms with Crippen molar-refractivity contribution in [2.75, 3.05) is 5.73 Å². The minimum atomic E-state index is 0.522. The molecule has 21 heavy (non-hydrogen) atoms. The van der Waals surface area contributed by atoms with Gasteiger partial charge in [0, 0.05) is 15.7 Å². The molecule has 5 nitrogen and oxygen atoms in total. The molecule has 0 spiro atoms. The van der Waals surface area contributed by atoms with E-state index in [1.807, 2.05) is 36.4 Å². The van der Waals surface area contributed by atoms with Crippen molar-refractivity contribution in [3.8, 4) is 23.1 Å². The molecule has 0 atom stereocenters. The first-order chi connectivity index (χ1) is 10.2. The average Bonchev–Trinajstić information content (AvgIpc) is 2.96. The maximum absolute atomic E-state index is 9.22. The molecule has 0 bridgehead atoms. The average molecular weight is 340 g/mol. The SMILES string of the molecule is N#Cc1cc(Br)ccc1-n1cnc(-c2cccc(N)c2)n1. The Morgan fingerprint density at radius 1 is 1.19 bits per heavy atom. The zero-order valence-corrected chi connectivity index (χ0v) is 12.4. The van der Waals surface area contributed by atoms with E-state index in [4.69, 9.17) is 5.73 Å². The third-order valence-corrected chi connectivity index (χ3v) is 3.46. The molecule has 1 heterocycles. The molecule has 0 saturated heterocycles. The highest BCUT2D eigenvalue weighted by molar-refractivity contribution is 9.10. The van der Waals surface area contributed by atoms with Crippen molar-refractivity contribution < 1.29 is 0 Å². The molecule has 0 amide bonds. The van der Waals surface area contributed by atoms with Gasteiger partial charge in [-0.25, -0.2) is 9.67 Å². The van der Waals surface area contributed by atoms with Gasteiger partial charge in [0.2, 0.25) is 0 Å². The van der Waals surface area contributed by atoms with Gasteiger partial charge in [0.1, 0.15) is 12.4 Å². The molecule has 1 aromatic heterocycles. The van der Waals surface area contributed by atoms with Crippen molar-refractivity contribution in [3.63, 3.8) is 0 Å². The van der Waals surface area contributed by atoms with Gasteiger partial charge in [-0.2, -0.15) is 5.26 Å². The van der Waals surface area contributed by atoms with Crippen molar-refractivity contribution in [2.45, 2.75) is 0 Å². The van der Waals surface area contributed by atoms with Crippen LogP contribution in [0.5, 0.6) is 0 Å². The molecule has 0 aliphatic carbocycles. The van der Waals surface area contributed by atoms with Crippen LogP contribution in [0.4, 0.5) is 5.69 Å². The first-order valence-corrected chi connectivity index (χ1v) is 6.94. The summed E-state index contributed by atoms with van der Waals surface area (Å²) in [4.78, 5) is 4.28. The van der Waals surface area contributed by atoms with Crippen molar-refractivity contribution >= 4 is 21.6 Å². The fourth-order valence-electron chi connectivity index (χ4n) is 1.99. The first kappa shape index (κ1) is 13.3. The molecule has 0 saturated carbocycles. The summed E-state index contributed by atoms with van der Waals surface area (Å²) < 4.78 is 2.43. The summed E-state index contributed by atoms with van der Waals surface area (Å²) in [6, 6.07) is 14.9. The summed E-state index contributed by atoms with van der Waals surface area (Å²) in [6.07, 6.45) is 1.59. The Morgan fingerprint density at radius 2 is 2.05 bits per heavy atom. The normalized spacial score (nSPS) is 10.3. The topological polar surface area (TPSA) is 80.5 Å². The van der Waals surface area contributed by atoms with E-state index in [1.54, 1.807) is 17.1 Å². The lowest BCUT2D eigenvalue weighted by Gasteiger charge is -2.03. The third kappa shape index (κ3) is 2.64. The molecule has 0 radical (unpaired) electrons. The Labute approximate surface area is 129 Å². The van der Waals surface area contributed by atoms with Crippen LogP contribution in [0.3, 0.4) is 0 Å². The Balaban J connectivity index is 2.05. The number of nitrogens with zero attached hydrogens (tertiary/aromatic N) is 4. The number of nitrogen functional groups attached to an aromatic ring is 1. The zero-order chi connectivity index (χ0) is 14.8. The van der Waals surface area contributed by atoms with Gasteiger partial charge in [-0.05, 0) is 30.3 Å². The van der Waals surface area contributed by atoms with E-state index in [0.29, 0.717) is 22.8 Å². The van der Waals surface area contributed by atoms with Gasteiger partial charge in [-0.15, -0.1) is 5.10 Å². The Hall–Kier alpha value is -2.65. The lowest BCUT2D eigenvalue weighted by Crippen LogP contribution is -1.98. The number of anilines is 1. The third-order valence-electron chi connectivity index (χ3n) is 2.96. The highest BCUT2D eigenvalue weighted by Crippen LogP contribution is 2.21. The Kier molecular flexibility index (Phi) is 3.42. The van der Waals surface area contributed by atoms with Gasteiger partial charge < -0.3 is 5.73 Å². The summed E-state index contributed by atoms with van der Waals surface area (Å²) >= 11 is 3.35. The van der Waals surface area contributed by atoms with Gasteiger partial charge in [0.25, 0.3) is 0 Å². The lowest BCUT2D eigenvalue weighted by molar-refractivity contribution is 0.878. The molecule has 0 unspecified atom stereocenters. The van der Waals surface area contributed by atoms with Crippen molar-refractivity contribution in [2.24, 2.45) is 0 Å². The summed E-state index contributed by atoms with van der Waals surface area (Å²) in [5.74, 6) is 0.564. The molecule has 2 aromatic carbocycles. The van der Waals surface area contributed by atoms with Crippen LogP contribution in [0, 0.1) is 11.3 Å². The van der Waals surface area contributed by atoms with E-state index in [1.165, 1.54) is 0 Å². The number of halogens is 1. The monoisotopic (exact) mass is 339 g/mol. The molecule has 0 aliphatic heterocycles. The van der Waals surface area contributed by atoms with Crippen LogP contribution in [-0.2, 0) is 0 Å². The predicted octanol–water partition coefficient (Wildman–Crippen LogP) is 3.15. The zero-order valence-electron chi connectivity index (χ0n) is 10.9. The molecule has 2 N–H and O–H groups in total. The van der Waals surface area contributed by atoms with Gasteiger partial charge >= 0.3 is 0 Å². The molecule has 6 heteroatoms. The van der Waals surface area contributed by atoms with E-state index in [2.05, 4.69) is 32.1 Å². The van der Waals surface area contributed by atoms with E-state index < -0.39 is 0 Å². The molecular weight excluding hydrogens is 330 g/mol. The highest BCUT2D eigenvalue weighted by Gasteiger charge is 2.09.